The zero-order valence-corrected chi connectivity index (χ0v) is 7.99. The molecule has 0 aliphatic rings. The summed E-state index contributed by atoms with van der Waals surface area (Å²) >= 11 is 0. The van der Waals surface area contributed by atoms with Gasteiger partial charge >= 0.3 is 0 Å². The Morgan fingerprint density at radius 3 is 2.38 bits per heavy atom. The second kappa shape index (κ2) is 4.47. The number of nitriles is 1. The molecule has 0 spiro atoms. The third-order valence-corrected chi connectivity index (χ3v) is 1.71. The van der Waals surface area contributed by atoms with Crippen LogP contribution in [-0.2, 0) is 0 Å². The van der Waals surface area contributed by atoms with Gasteiger partial charge in [0.2, 0.25) is 0 Å². The van der Waals surface area contributed by atoms with E-state index in [4.69, 9.17) is 5.26 Å². The largest absolute Gasteiger partial charge is 0.192 e. The van der Waals surface area contributed by atoms with Crippen molar-refractivity contribution in [2.45, 2.75) is 13.8 Å². The minimum atomic E-state index is 0.412. The van der Waals surface area contributed by atoms with E-state index in [2.05, 4.69) is 19.9 Å². The zero-order chi connectivity index (χ0) is 9.68. The molecule has 0 aromatic heterocycles. The lowest BCUT2D eigenvalue weighted by Gasteiger charge is -2.00. The highest BCUT2D eigenvalue weighted by Gasteiger charge is 1.99. The normalized spacial score (nSPS) is 11.4. The first-order valence-corrected chi connectivity index (χ1v) is 4.41. The van der Waals surface area contributed by atoms with Crippen molar-refractivity contribution in [2.75, 3.05) is 0 Å². The van der Waals surface area contributed by atoms with Crippen LogP contribution in [0.5, 0.6) is 0 Å². The predicted molar refractivity (Wildman–Crippen MR) is 54.9 cm³/mol. The van der Waals surface area contributed by atoms with Crippen LogP contribution in [-0.4, -0.2) is 0 Å². The summed E-state index contributed by atoms with van der Waals surface area (Å²) in [6.45, 7) is 4.14. The summed E-state index contributed by atoms with van der Waals surface area (Å²) in [5.74, 6) is 0.412. The molecular formula is C12H13N. The van der Waals surface area contributed by atoms with E-state index in [0.29, 0.717) is 5.92 Å². The molecule has 0 N–H and O–H groups in total. The highest BCUT2D eigenvalue weighted by Crippen LogP contribution is 2.14. The third-order valence-electron chi connectivity index (χ3n) is 1.71. The zero-order valence-electron chi connectivity index (χ0n) is 7.99. The summed E-state index contributed by atoms with van der Waals surface area (Å²) in [6.07, 6.45) is 1.98. The molecule has 0 saturated carbocycles. The van der Waals surface area contributed by atoms with Crippen molar-refractivity contribution in [3.63, 3.8) is 0 Å². The van der Waals surface area contributed by atoms with Crippen LogP contribution in [0.2, 0.25) is 0 Å². The van der Waals surface area contributed by atoms with Crippen LogP contribution in [0.4, 0.5) is 0 Å². The second-order valence-corrected chi connectivity index (χ2v) is 3.30. The lowest BCUT2D eigenvalue weighted by Crippen LogP contribution is -1.85. The van der Waals surface area contributed by atoms with E-state index in [-0.39, 0.29) is 0 Å². The number of hydrogen-bond donors (Lipinski definition) is 0. The molecule has 0 aliphatic heterocycles. The van der Waals surface area contributed by atoms with Crippen LogP contribution in [0.3, 0.4) is 0 Å². The Hall–Kier alpha value is -1.55. The first kappa shape index (κ1) is 9.54. The Morgan fingerprint density at radius 2 is 1.92 bits per heavy atom. The van der Waals surface area contributed by atoms with Gasteiger partial charge in [-0.25, -0.2) is 0 Å². The summed E-state index contributed by atoms with van der Waals surface area (Å²) in [6, 6.07) is 12.0. The average Bonchev–Trinajstić information content (AvgIpc) is 2.15. The molecule has 1 rings (SSSR count). The Morgan fingerprint density at radius 1 is 1.31 bits per heavy atom. The third kappa shape index (κ3) is 2.76. The predicted octanol–water partition coefficient (Wildman–Crippen LogP) is 3.25. The molecule has 1 aromatic carbocycles. The number of rotatable bonds is 2. The quantitative estimate of drug-likeness (QED) is 0.626. The van der Waals surface area contributed by atoms with Crippen LogP contribution in [0.15, 0.2) is 36.4 Å². The van der Waals surface area contributed by atoms with Crippen LogP contribution in [0.1, 0.15) is 19.4 Å². The fraction of sp³-hybridized carbons (Fsp3) is 0.250. The Kier molecular flexibility index (Phi) is 3.28. The van der Waals surface area contributed by atoms with Crippen LogP contribution in [0, 0.1) is 17.2 Å². The standard InChI is InChI=1S/C12H13N/c1-10(2)8-12(9-13)11-6-4-3-5-7-11/h3-8,10H,1-2H3/b12-8-. The average molecular weight is 171 g/mol. The van der Waals surface area contributed by atoms with Gasteiger partial charge in [0.1, 0.15) is 0 Å². The van der Waals surface area contributed by atoms with Crippen molar-refractivity contribution in [3.05, 3.63) is 42.0 Å². The molecule has 1 aromatic rings. The fourth-order valence-corrected chi connectivity index (χ4v) is 1.15. The fourth-order valence-electron chi connectivity index (χ4n) is 1.15. The van der Waals surface area contributed by atoms with Gasteiger partial charge in [0.05, 0.1) is 11.6 Å². The first-order chi connectivity index (χ1) is 6.24. The van der Waals surface area contributed by atoms with Gasteiger partial charge in [-0.2, -0.15) is 5.26 Å². The molecule has 0 atom stereocenters. The van der Waals surface area contributed by atoms with Crippen LogP contribution >= 0.6 is 0 Å². The minimum Gasteiger partial charge on any atom is -0.192 e. The second-order valence-electron chi connectivity index (χ2n) is 3.30. The molecule has 0 fully saturated rings. The first-order valence-electron chi connectivity index (χ1n) is 4.41. The van der Waals surface area contributed by atoms with Gasteiger partial charge in [-0.3, -0.25) is 0 Å². The lowest BCUT2D eigenvalue weighted by atomic mass is 10.0. The lowest BCUT2D eigenvalue weighted by molar-refractivity contribution is 0.834. The highest BCUT2D eigenvalue weighted by atomic mass is 14.2. The molecular weight excluding hydrogens is 158 g/mol. The minimum absolute atomic E-state index is 0.412. The Labute approximate surface area is 79.3 Å². The van der Waals surface area contributed by atoms with E-state index in [1.807, 2.05) is 36.4 Å². The topological polar surface area (TPSA) is 23.8 Å². The molecule has 0 heterocycles. The number of hydrogen-bond acceptors (Lipinski definition) is 1. The highest BCUT2D eigenvalue weighted by molar-refractivity contribution is 5.76. The number of benzene rings is 1. The molecule has 66 valence electrons. The van der Waals surface area contributed by atoms with E-state index in [9.17, 15) is 0 Å². The van der Waals surface area contributed by atoms with Crippen molar-refractivity contribution >= 4 is 5.57 Å². The van der Waals surface area contributed by atoms with Gasteiger partial charge in [0, 0.05) is 0 Å². The van der Waals surface area contributed by atoms with E-state index in [1.54, 1.807) is 0 Å². The summed E-state index contributed by atoms with van der Waals surface area (Å²) in [5.41, 5.74) is 1.76. The Bertz CT molecular complexity index is 328. The van der Waals surface area contributed by atoms with Crippen molar-refractivity contribution in [3.8, 4) is 6.07 Å². The molecule has 0 saturated heterocycles. The smallest absolute Gasteiger partial charge is 0.0994 e. The maximum Gasteiger partial charge on any atom is 0.0994 e. The van der Waals surface area contributed by atoms with Crippen molar-refractivity contribution in [1.29, 1.82) is 5.26 Å². The van der Waals surface area contributed by atoms with E-state index in [1.165, 1.54) is 0 Å². The molecule has 0 bridgehead atoms. The van der Waals surface area contributed by atoms with Gasteiger partial charge in [-0.15, -0.1) is 0 Å². The summed E-state index contributed by atoms with van der Waals surface area (Å²) in [5, 5.41) is 8.91. The summed E-state index contributed by atoms with van der Waals surface area (Å²) in [7, 11) is 0. The monoisotopic (exact) mass is 171 g/mol. The summed E-state index contributed by atoms with van der Waals surface area (Å²) < 4.78 is 0. The Balaban J connectivity index is 3.00. The van der Waals surface area contributed by atoms with Gasteiger partial charge in [0.15, 0.2) is 0 Å². The number of nitrogens with zero attached hydrogens (tertiary/aromatic N) is 1. The molecule has 0 amide bonds. The summed E-state index contributed by atoms with van der Waals surface area (Å²) in [4.78, 5) is 0. The van der Waals surface area contributed by atoms with Gasteiger partial charge in [-0.1, -0.05) is 50.3 Å². The molecule has 1 nitrogen and oxygen atoms in total. The van der Waals surface area contributed by atoms with Gasteiger partial charge in [-0.05, 0) is 11.5 Å². The van der Waals surface area contributed by atoms with E-state index >= 15 is 0 Å². The molecule has 13 heavy (non-hydrogen) atoms. The molecule has 0 aliphatic carbocycles. The molecule has 1 heteroatoms. The van der Waals surface area contributed by atoms with E-state index in [0.717, 1.165) is 11.1 Å². The van der Waals surface area contributed by atoms with Gasteiger partial charge in [0.25, 0.3) is 0 Å². The van der Waals surface area contributed by atoms with Gasteiger partial charge < -0.3 is 0 Å². The molecule has 0 unspecified atom stereocenters. The van der Waals surface area contributed by atoms with Crippen LogP contribution < -0.4 is 0 Å². The van der Waals surface area contributed by atoms with Crippen LogP contribution in [0.25, 0.3) is 5.57 Å². The van der Waals surface area contributed by atoms with Crippen molar-refractivity contribution in [1.82, 2.24) is 0 Å². The maximum absolute atomic E-state index is 8.91. The number of allylic oxidation sites excluding steroid dienone is 2. The van der Waals surface area contributed by atoms with E-state index < -0.39 is 0 Å². The van der Waals surface area contributed by atoms with Crippen molar-refractivity contribution in [2.24, 2.45) is 5.92 Å². The molecule has 0 radical (unpaired) electrons. The SMILES string of the molecule is CC(C)/C=C(/C#N)c1ccccc1. The van der Waals surface area contributed by atoms with Crippen molar-refractivity contribution < 1.29 is 0 Å². The maximum atomic E-state index is 8.91.